The predicted molar refractivity (Wildman–Crippen MR) is 302 cm³/mol. The van der Waals surface area contributed by atoms with Gasteiger partial charge in [0, 0.05) is 35.9 Å². The van der Waals surface area contributed by atoms with Gasteiger partial charge in [0.1, 0.15) is 11.5 Å². The fourth-order valence-electron chi connectivity index (χ4n) is 11.1. The summed E-state index contributed by atoms with van der Waals surface area (Å²) in [4.78, 5) is 18.6. The van der Waals surface area contributed by atoms with E-state index >= 15 is 0 Å². The lowest BCUT2D eigenvalue weighted by atomic mass is 9.78. The number of rotatable bonds is 35. The van der Waals surface area contributed by atoms with Crippen molar-refractivity contribution < 1.29 is 9.47 Å². The topological polar surface area (TPSA) is 70.0 Å². The average Bonchev–Trinajstić information content (AvgIpc) is 3.42. The number of nitrogens with zero attached hydrogens (tertiary/aromatic N) is 4. The third kappa shape index (κ3) is 24.7. The summed E-state index contributed by atoms with van der Waals surface area (Å²) in [7, 11) is 0. The minimum Gasteiger partial charge on any atom is -0.494 e. The Bertz CT molecular complexity index is 1850. The molecule has 0 spiro atoms. The van der Waals surface area contributed by atoms with Gasteiger partial charge in [-0.1, -0.05) is 214 Å². The normalized spacial score (nSPS) is 17.9. The largest absolute Gasteiger partial charge is 0.494 e. The van der Waals surface area contributed by atoms with Gasteiger partial charge < -0.3 is 9.47 Å². The molecule has 6 nitrogen and oxygen atoms in total. The minimum atomic E-state index is 0.804. The van der Waals surface area contributed by atoms with Crippen LogP contribution in [-0.2, 0) is 12.8 Å². The first kappa shape index (κ1) is 58.1. The fraction of sp³-hybridized carbons (Fsp3) is 0.692. The number of hydrogen-bond donors (Lipinski definition) is 0. The molecule has 4 aromatic rings. The SMILES string of the molecule is CCCCCCCCCCCCOc1ccc(-c2ncc(CCC3CCC(CC)CC3)cn2)cc1.CCCCCCCCCCCCOc1ccc(-c2ncc(CCC3CCC(CCC)CC3)cn2)cc1. The van der Waals surface area contributed by atoms with Crippen molar-refractivity contribution >= 4 is 0 Å². The molecule has 0 radical (unpaired) electrons. The number of unbranched alkanes of at least 4 members (excludes halogenated alkanes) is 18. The molecule has 394 valence electrons. The summed E-state index contributed by atoms with van der Waals surface area (Å²) in [6.45, 7) is 10.8. The van der Waals surface area contributed by atoms with Gasteiger partial charge in [0.05, 0.1) is 13.2 Å². The van der Waals surface area contributed by atoms with Crippen molar-refractivity contribution in [2.75, 3.05) is 13.2 Å². The maximum absolute atomic E-state index is 5.96. The van der Waals surface area contributed by atoms with Gasteiger partial charge in [0.25, 0.3) is 0 Å². The zero-order valence-electron chi connectivity index (χ0n) is 46.0. The number of hydrogen-bond acceptors (Lipinski definition) is 6. The third-order valence-corrected chi connectivity index (χ3v) is 16.1. The highest BCUT2D eigenvalue weighted by molar-refractivity contribution is 5.56. The van der Waals surface area contributed by atoms with E-state index in [0.29, 0.717) is 0 Å². The van der Waals surface area contributed by atoms with Crippen LogP contribution in [0.2, 0.25) is 0 Å². The molecule has 0 unspecified atom stereocenters. The quantitative estimate of drug-likeness (QED) is 0.0428. The molecule has 71 heavy (non-hydrogen) atoms. The highest BCUT2D eigenvalue weighted by Gasteiger charge is 2.21. The van der Waals surface area contributed by atoms with Crippen LogP contribution >= 0.6 is 0 Å². The first-order valence-corrected chi connectivity index (χ1v) is 30.1. The summed E-state index contributed by atoms with van der Waals surface area (Å²) in [6.07, 6.45) is 55.4. The van der Waals surface area contributed by atoms with Crippen molar-refractivity contribution in [2.24, 2.45) is 23.7 Å². The Kier molecular flexibility index (Phi) is 30.3. The van der Waals surface area contributed by atoms with Crippen molar-refractivity contribution in [1.82, 2.24) is 19.9 Å². The number of aryl methyl sites for hydroxylation is 2. The number of ether oxygens (including phenoxy) is 2. The van der Waals surface area contributed by atoms with Gasteiger partial charge in [0.2, 0.25) is 0 Å². The Morgan fingerprint density at radius 3 is 0.986 bits per heavy atom. The van der Waals surface area contributed by atoms with Crippen molar-refractivity contribution in [2.45, 2.75) is 252 Å². The van der Waals surface area contributed by atoms with Crippen molar-refractivity contribution in [1.29, 1.82) is 0 Å². The number of aromatic nitrogens is 4. The summed E-state index contributed by atoms with van der Waals surface area (Å²) in [6, 6.07) is 16.5. The Labute approximate surface area is 435 Å². The van der Waals surface area contributed by atoms with Gasteiger partial charge in [-0.05, 0) is 122 Å². The lowest BCUT2D eigenvalue weighted by Crippen LogP contribution is -2.15. The Morgan fingerprint density at radius 2 is 0.662 bits per heavy atom. The molecule has 2 saturated carbocycles. The number of benzene rings is 2. The van der Waals surface area contributed by atoms with Gasteiger partial charge in [0.15, 0.2) is 11.6 Å². The maximum Gasteiger partial charge on any atom is 0.159 e. The molecule has 2 heterocycles. The summed E-state index contributed by atoms with van der Waals surface area (Å²) >= 11 is 0. The van der Waals surface area contributed by atoms with E-state index in [2.05, 4.69) is 96.2 Å². The maximum atomic E-state index is 5.96. The molecule has 0 atom stereocenters. The molecule has 0 N–H and O–H groups in total. The predicted octanol–water partition coefficient (Wildman–Crippen LogP) is 19.6. The smallest absolute Gasteiger partial charge is 0.159 e. The van der Waals surface area contributed by atoms with Crippen LogP contribution in [0.3, 0.4) is 0 Å². The van der Waals surface area contributed by atoms with Crippen molar-refractivity contribution in [3.63, 3.8) is 0 Å². The van der Waals surface area contributed by atoms with E-state index in [0.717, 1.165) is 96.8 Å². The molecule has 2 aliphatic rings. The molecule has 0 amide bonds. The zero-order chi connectivity index (χ0) is 49.8. The Morgan fingerprint density at radius 1 is 0.352 bits per heavy atom. The minimum absolute atomic E-state index is 0.804. The van der Waals surface area contributed by atoms with Gasteiger partial charge in [-0.15, -0.1) is 0 Å². The zero-order valence-corrected chi connectivity index (χ0v) is 46.0. The van der Waals surface area contributed by atoms with Crippen LogP contribution in [-0.4, -0.2) is 33.1 Å². The van der Waals surface area contributed by atoms with Crippen molar-refractivity contribution in [3.8, 4) is 34.3 Å². The second-order valence-corrected chi connectivity index (χ2v) is 22.0. The molecule has 6 heteroatoms. The van der Waals surface area contributed by atoms with E-state index in [1.54, 1.807) is 0 Å². The van der Waals surface area contributed by atoms with Crippen LogP contribution in [0.5, 0.6) is 11.5 Å². The van der Waals surface area contributed by atoms with Crippen molar-refractivity contribution in [3.05, 3.63) is 84.4 Å². The van der Waals surface area contributed by atoms with Crippen LogP contribution in [0, 0.1) is 23.7 Å². The molecular weight excluding hydrogens is 869 g/mol. The first-order valence-electron chi connectivity index (χ1n) is 30.1. The first-order chi connectivity index (χ1) is 35.1. The summed E-state index contributed by atoms with van der Waals surface area (Å²) in [5.74, 6) is 7.25. The van der Waals surface area contributed by atoms with Crippen LogP contribution in [0.4, 0.5) is 0 Å². The molecule has 2 aromatic carbocycles. The van der Waals surface area contributed by atoms with E-state index in [4.69, 9.17) is 9.47 Å². The summed E-state index contributed by atoms with van der Waals surface area (Å²) < 4.78 is 11.9. The molecule has 6 rings (SSSR count). The molecule has 0 saturated heterocycles. The van der Waals surface area contributed by atoms with E-state index < -0.39 is 0 Å². The monoisotopic (exact) mass is 971 g/mol. The second kappa shape index (κ2) is 37.0. The Hall–Kier alpha value is -3.80. The lowest BCUT2D eigenvalue weighted by molar-refractivity contribution is 0.252. The third-order valence-electron chi connectivity index (χ3n) is 16.1. The summed E-state index contributed by atoms with van der Waals surface area (Å²) in [5.41, 5.74) is 4.65. The van der Waals surface area contributed by atoms with E-state index in [1.165, 1.54) is 210 Å². The summed E-state index contributed by atoms with van der Waals surface area (Å²) in [5, 5.41) is 0. The van der Waals surface area contributed by atoms with Crippen LogP contribution in [0.1, 0.15) is 251 Å². The lowest BCUT2D eigenvalue weighted by Gasteiger charge is -2.28. The van der Waals surface area contributed by atoms with Crippen LogP contribution < -0.4 is 9.47 Å². The molecule has 0 bridgehead atoms. The Balaban J connectivity index is 0.000000264. The van der Waals surface area contributed by atoms with E-state index in [-0.39, 0.29) is 0 Å². The highest BCUT2D eigenvalue weighted by Crippen LogP contribution is 2.35. The van der Waals surface area contributed by atoms with Gasteiger partial charge >= 0.3 is 0 Å². The van der Waals surface area contributed by atoms with Gasteiger partial charge in [-0.2, -0.15) is 0 Å². The van der Waals surface area contributed by atoms with Gasteiger partial charge in [-0.3, -0.25) is 0 Å². The highest BCUT2D eigenvalue weighted by atomic mass is 16.5. The van der Waals surface area contributed by atoms with Crippen LogP contribution in [0.25, 0.3) is 22.8 Å². The molecular formula is C65H102N4O2. The standard InChI is InChI=1S/C33H52N2O.C32H50N2O/c1-3-5-6-7-8-9-10-11-12-13-25-36-32-23-21-31(22-24-32)33-34-26-30(27-35-33)20-19-29-17-15-28(14-4-2)16-18-29;1-3-5-6-7-8-9-10-11-12-13-24-35-31-22-20-30(21-23-31)32-33-25-29(26-34-32)19-18-28-16-14-27(4-2)15-17-28/h21-24,26-29H,3-20,25H2,1-2H3;20-23,25-28H,3-19,24H2,1-2H3. The average molecular weight is 972 g/mol. The molecule has 2 fully saturated rings. The van der Waals surface area contributed by atoms with E-state index in [9.17, 15) is 0 Å². The van der Waals surface area contributed by atoms with Gasteiger partial charge in [-0.25, -0.2) is 19.9 Å². The second-order valence-electron chi connectivity index (χ2n) is 22.0. The molecule has 2 aromatic heterocycles. The van der Waals surface area contributed by atoms with Crippen LogP contribution in [0.15, 0.2) is 73.3 Å². The molecule has 2 aliphatic carbocycles. The fourth-order valence-corrected chi connectivity index (χ4v) is 11.1. The van der Waals surface area contributed by atoms with E-state index in [1.807, 2.05) is 24.8 Å². The molecule has 0 aliphatic heterocycles.